The number of hydrogen-bond donors (Lipinski definition) is 6. The SMILES string of the molecule is Cc1c(O)cc(C(=O)OCC2OC(Oc3ccc(O)cc3)C(O)C(O)C2O)cc1O. The van der Waals surface area contributed by atoms with Crippen LogP contribution in [0.15, 0.2) is 36.4 Å². The highest BCUT2D eigenvalue weighted by Crippen LogP contribution is 2.29. The van der Waals surface area contributed by atoms with Crippen LogP contribution in [0.25, 0.3) is 0 Å². The summed E-state index contributed by atoms with van der Waals surface area (Å²) >= 11 is 0. The van der Waals surface area contributed by atoms with E-state index in [-0.39, 0.29) is 34.1 Å². The highest BCUT2D eigenvalue weighted by molar-refractivity contribution is 5.90. The van der Waals surface area contributed by atoms with E-state index in [4.69, 9.17) is 14.2 Å². The highest BCUT2D eigenvalue weighted by Gasteiger charge is 2.45. The second-order valence-corrected chi connectivity index (χ2v) is 6.86. The number of phenols is 3. The molecule has 5 atom stereocenters. The molecule has 10 heteroatoms. The number of benzene rings is 2. The predicted octanol–water partition coefficient (Wildman–Crippen LogP) is 0.155. The van der Waals surface area contributed by atoms with Gasteiger partial charge in [0.25, 0.3) is 0 Å². The lowest BCUT2D eigenvalue weighted by Gasteiger charge is -2.39. The maximum absolute atomic E-state index is 12.2. The molecule has 0 aliphatic carbocycles. The first kappa shape index (κ1) is 21.7. The molecule has 1 fully saturated rings. The maximum atomic E-state index is 12.2. The molecule has 6 N–H and O–H groups in total. The van der Waals surface area contributed by atoms with Gasteiger partial charge in [-0.2, -0.15) is 0 Å². The van der Waals surface area contributed by atoms with Gasteiger partial charge in [-0.05, 0) is 43.3 Å². The Morgan fingerprint density at radius 3 is 2.17 bits per heavy atom. The van der Waals surface area contributed by atoms with Gasteiger partial charge in [-0.1, -0.05) is 0 Å². The summed E-state index contributed by atoms with van der Waals surface area (Å²) in [5.41, 5.74) is 0.0716. The second-order valence-electron chi connectivity index (χ2n) is 6.86. The molecule has 5 unspecified atom stereocenters. The molecule has 0 radical (unpaired) electrons. The minimum atomic E-state index is -1.64. The number of rotatable bonds is 5. The van der Waals surface area contributed by atoms with E-state index in [0.717, 1.165) is 12.1 Å². The summed E-state index contributed by atoms with van der Waals surface area (Å²) in [4.78, 5) is 12.2. The molecule has 0 spiro atoms. The van der Waals surface area contributed by atoms with Crippen molar-refractivity contribution in [2.45, 2.75) is 37.6 Å². The van der Waals surface area contributed by atoms with Crippen molar-refractivity contribution in [1.82, 2.24) is 0 Å². The molecular weight excluding hydrogens is 400 g/mol. The summed E-state index contributed by atoms with van der Waals surface area (Å²) in [5, 5.41) is 59.1. The van der Waals surface area contributed by atoms with E-state index in [9.17, 15) is 35.4 Å². The summed E-state index contributed by atoms with van der Waals surface area (Å²) in [7, 11) is 0. The van der Waals surface area contributed by atoms with Gasteiger partial charge in [-0.15, -0.1) is 0 Å². The standard InChI is InChI=1S/C20H22O10/c1-9-13(22)6-10(7-14(9)23)19(27)28-8-15-16(24)17(25)18(26)20(30-15)29-12-4-2-11(21)3-5-12/h2-7,15-18,20-26H,8H2,1H3. The highest BCUT2D eigenvalue weighted by atomic mass is 16.7. The molecule has 0 aromatic heterocycles. The van der Waals surface area contributed by atoms with Gasteiger partial charge in [0, 0.05) is 5.56 Å². The summed E-state index contributed by atoms with van der Waals surface area (Å²) in [6.07, 6.45) is -7.43. The van der Waals surface area contributed by atoms with Crippen LogP contribution in [0.4, 0.5) is 0 Å². The smallest absolute Gasteiger partial charge is 0.338 e. The number of ether oxygens (including phenoxy) is 3. The number of aromatic hydroxyl groups is 3. The average Bonchev–Trinajstić information content (AvgIpc) is 2.72. The quantitative estimate of drug-likeness (QED) is 0.365. The van der Waals surface area contributed by atoms with E-state index in [1.807, 2.05) is 0 Å². The lowest BCUT2D eigenvalue weighted by molar-refractivity contribution is -0.277. The molecule has 0 amide bonds. The van der Waals surface area contributed by atoms with Crippen molar-refractivity contribution in [2.24, 2.45) is 0 Å². The minimum Gasteiger partial charge on any atom is -0.508 e. The molecule has 10 nitrogen and oxygen atoms in total. The molecule has 3 rings (SSSR count). The lowest BCUT2D eigenvalue weighted by Crippen LogP contribution is -2.60. The molecule has 1 aliphatic heterocycles. The number of carbonyl (C=O) groups excluding carboxylic acids is 1. The Kier molecular flexibility index (Phi) is 6.32. The van der Waals surface area contributed by atoms with E-state index >= 15 is 0 Å². The van der Waals surface area contributed by atoms with Crippen molar-refractivity contribution in [3.8, 4) is 23.0 Å². The molecule has 30 heavy (non-hydrogen) atoms. The lowest BCUT2D eigenvalue weighted by atomic mass is 9.99. The Morgan fingerprint density at radius 2 is 1.57 bits per heavy atom. The van der Waals surface area contributed by atoms with Crippen LogP contribution in [-0.4, -0.2) is 73.9 Å². The largest absolute Gasteiger partial charge is 0.508 e. The number of phenolic OH excluding ortho intramolecular Hbond substituents is 3. The van der Waals surface area contributed by atoms with Crippen molar-refractivity contribution >= 4 is 5.97 Å². The first-order chi connectivity index (χ1) is 14.2. The third-order valence-corrected chi connectivity index (χ3v) is 4.72. The summed E-state index contributed by atoms with van der Waals surface area (Å²) in [5.74, 6) is -1.27. The average molecular weight is 422 g/mol. The first-order valence-corrected chi connectivity index (χ1v) is 9.02. The van der Waals surface area contributed by atoms with Crippen LogP contribution in [0.2, 0.25) is 0 Å². The Morgan fingerprint density at radius 1 is 0.967 bits per heavy atom. The van der Waals surface area contributed by atoms with Crippen molar-refractivity contribution in [1.29, 1.82) is 0 Å². The fraction of sp³-hybridized carbons (Fsp3) is 0.350. The summed E-state index contributed by atoms with van der Waals surface area (Å²) < 4.78 is 16.0. The van der Waals surface area contributed by atoms with Crippen molar-refractivity contribution in [2.75, 3.05) is 6.61 Å². The molecular formula is C20H22O10. The zero-order chi connectivity index (χ0) is 22.0. The van der Waals surface area contributed by atoms with Gasteiger partial charge >= 0.3 is 5.97 Å². The van der Waals surface area contributed by atoms with Crippen molar-refractivity contribution in [3.05, 3.63) is 47.5 Å². The molecule has 1 saturated heterocycles. The van der Waals surface area contributed by atoms with E-state index in [0.29, 0.717) is 0 Å². The maximum Gasteiger partial charge on any atom is 0.338 e. The zero-order valence-corrected chi connectivity index (χ0v) is 15.9. The molecule has 0 bridgehead atoms. The minimum absolute atomic E-state index is 0.000820. The number of hydrogen-bond acceptors (Lipinski definition) is 10. The fourth-order valence-electron chi connectivity index (χ4n) is 2.85. The number of esters is 1. The van der Waals surface area contributed by atoms with Crippen LogP contribution in [0.3, 0.4) is 0 Å². The van der Waals surface area contributed by atoms with Crippen molar-refractivity contribution in [3.63, 3.8) is 0 Å². The van der Waals surface area contributed by atoms with E-state index in [1.165, 1.54) is 31.2 Å². The van der Waals surface area contributed by atoms with Gasteiger partial charge in [0.15, 0.2) is 0 Å². The fourth-order valence-corrected chi connectivity index (χ4v) is 2.85. The van der Waals surface area contributed by atoms with Gasteiger partial charge in [0.1, 0.15) is 54.0 Å². The number of aliphatic hydroxyl groups excluding tert-OH is 3. The van der Waals surface area contributed by atoms with Gasteiger partial charge in [0.05, 0.1) is 5.56 Å². The normalized spacial score (nSPS) is 26.2. The topological polar surface area (TPSA) is 166 Å². The molecule has 2 aromatic carbocycles. The number of aliphatic hydroxyl groups is 3. The van der Waals surface area contributed by atoms with E-state index in [1.54, 1.807) is 0 Å². The van der Waals surface area contributed by atoms with Crippen LogP contribution in [-0.2, 0) is 9.47 Å². The molecule has 0 saturated carbocycles. The van der Waals surface area contributed by atoms with Crippen LogP contribution >= 0.6 is 0 Å². The summed E-state index contributed by atoms with van der Waals surface area (Å²) in [6.45, 7) is 0.960. The number of carbonyl (C=O) groups is 1. The van der Waals surface area contributed by atoms with Gasteiger partial charge in [-0.3, -0.25) is 0 Å². The Balaban J connectivity index is 1.67. The van der Waals surface area contributed by atoms with Crippen LogP contribution in [0.5, 0.6) is 23.0 Å². The van der Waals surface area contributed by atoms with Crippen LogP contribution < -0.4 is 4.74 Å². The zero-order valence-electron chi connectivity index (χ0n) is 15.9. The Bertz CT molecular complexity index is 874. The van der Waals surface area contributed by atoms with E-state index < -0.39 is 43.3 Å². The Hall–Kier alpha value is -3.05. The third-order valence-electron chi connectivity index (χ3n) is 4.72. The van der Waals surface area contributed by atoms with Crippen LogP contribution in [0.1, 0.15) is 15.9 Å². The van der Waals surface area contributed by atoms with Crippen LogP contribution in [0, 0.1) is 6.92 Å². The molecule has 1 aliphatic rings. The van der Waals surface area contributed by atoms with Gasteiger partial charge in [0.2, 0.25) is 6.29 Å². The molecule has 162 valence electrons. The summed E-state index contributed by atoms with van der Waals surface area (Å²) in [6, 6.07) is 7.75. The third kappa shape index (κ3) is 4.57. The molecule has 2 aromatic rings. The molecule has 1 heterocycles. The van der Waals surface area contributed by atoms with Gasteiger partial charge in [-0.25, -0.2) is 4.79 Å². The predicted molar refractivity (Wildman–Crippen MR) is 100 cm³/mol. The Labute approximate surface area is 171 Å². The van der Waals surface area contributed by atoms with Crippen molar-refractivity contribution < 1.29 is 49.6 Å². The van der Waals surface area contributed by atoms with Gasteiger partial charge < -0.3 is 44.8 Å². The van der Waals surface area contributed by atoms with E-state index in [2.05, 4.69) is 0 Å². The second kappa shape index (κ2) is 8.76. The monoisotopic (exact) mass is 422 g/mol. The first-order valence-electron chi connectivity index (χ1n) is 9.02.